The molecule has 0 fully saturated rings. The van der Waals surface area contributed by atoms with Gasteiger partial charge >= 0.3 is 5.97 Å². The van der Waals surface area contributed by atoms with Crippen molar-refractivity contribution in [1.29, 1.82) is 0 Å². The van der Waals surface area contributed by atoms with Gasteiger partial charge in [0.15, 0.2) is 0 Å². The van der Waals surface area contributed by atoms with Gasteiger partial charge in [-0.15, -0.1) is 0 Å². The molecule has 0 aliphatic rings. The first-order valence-electron chi connectivity index (χ1n) is 8.52. The van der Waals surface area contributed by atoms with E-state index in [2.05, 4.69) is 4.98 Å². The SMILES string of the molecule is CC(C)COC(=O)CCOc1ccc(Oc2nc3ccccc3s2)cc1. The van der Waals surface area contributed by atoms with E-state index in [0.717, 1.165) is 10.2 Å². The average molecular weight is 371 g/mol. The van der Waals surface area contributed by atoms with Gasteiger partial charge in [-0.05, 0) is 42.3 Å². The van der Waals surface area contributed by atoms with E-state index >= 15 is 0 Å². The zero-order chi connectivity index (χ0) is 18.4. The molecule has 0 atom stereocenters. The van der Waals surface area contributed by atoms with Crippen LogP contribution in [-0.2, 0) is 9.53 Å². The third-order valence-corrected chi connectivity index (χ3v) is 4.37. The van der Waals surface area contributed by atoms with Gasteiger partial charge < -0.3 is 14.2 Å². The van der Waals surface area contributed by atoms with E-state index in [1.54, 1.807) is 0 Å². The van der Waals surface area contributed by atoms with Crippen LogP contribution >= 0.6 is 11.3 Å². The average Bonchev–Trinajstić information content (AvgIpc) is 3.03. The molecule has 0 saturated carbocycles. The molecule has 0 aliphatic carbocycles. The molecule has 136 valence electrons. The second-order valence-corrected chi connectivity index (χ2v) is 7.19. The molecule has 0 N–H and O–H groups in total. The highest BCUT2D eigenvalue weighted by Crippen LogP contribution is 2.31. The Morgan fingerprint density at radius 2 is 1.81 bits per heavy atom. The summed E-state index contributed by atoms with van der Waals surface area (Å²) in [6.45, 7) is 4.73. The Morgan fingerprint density at radius 1 is 1.08 bits per heavy atom. The van der Waals surface area contributed by atoms with Crippen LogP contribution in [0.4, 0.5) is 0 Å². The Kier molecular flexibility index (Phi) is 6.07. The van der Waals surface area contributed by atoms with Crippen molar-refractivity contribution in [2.75, 3.05) is 13.2 Å². The van der Waals surface area contributed by atoms with Crippen LogP contribution in [-0.4, -0.2) is 24.2 Å². The number of benzene rings is 2. The smallest absolute Gasteiger partial charge is 0.309 e. The summed E-state index contributed by atoms with van der Waals surface area (Å²) in [5, 5.41) is 0.604. The van der Waals surface area contributed by atoms with E-state index in [-0.39, 0.29) is 19.0 Å². The molecular formula is C20H21NO4S. The summed E-state index contributed by atoms with van der Waals surface area (Å²) in [7, 11) is 0. The number of esters is 1. The number of carbonyl (C=O) groups excluding carboxylic acids is 1. The Hall–Kier alpha value is -2.60. The number of fused-ring (bicyclic) bond motifs is 1. The number of para-hydroxylation sites is 1. The van der Waals surface area contributed by atoms with Crippen LogP contribution in [0.2, 0.25) is 0 Å². The molecule has 0 aliphatic heterocycles. The molecular weight excluding hydrogens is 350 g/mol. The van der Waals surface area contributed by atoms with Crippen molar-refractivity contribution in [3.8, 4) is 16.7 Å². The fourth-order valence-electron chi connectivity index (χ4n) is 2.18. The molecule has 3 aromatic rings. The van der Waals surface area contributed by atoms with Crippen molar-refractivity contribution < 1.29 is 19.0 Å². The zero-order valence-electron chi connectivity index (χ0n) is 14.8. The van der Waals surface area contributed by atoms with E-state index < -0.39 is 0 Å². The first-order chi connectivity index (χ1) is 12.6. The lowest BCUT2D eigenvalue weighted by Gasteiger charge is -2.09. The summed E-state index contributed by atoms with van der Waals surface area (Å²) in [6, 6.07) is 15.2. The molecule has 1 heterocycles. The van der Waals surface area contributed by atoms with Gasteiger partial charge in [-0.2, -0.15) is 0 Å². The summed E-state index contributed by atoms with van der Waals surface area (Å²) < 4.78 is 17.6. The highest BCUT2D eigenvalue weighted by atomic mass is 32.1. The maximum absolute atomic E-state index is 11.5. The molecule has 6 heteroatoms. The Labute approximate surface area is 156 Å². The predicted molar refractivity (Wildman–Crippen MR) is 102 cm³/mol. The molecule has 1 aromatic heterocycles. The second kappa shape index (κ2) is 8.67. The van der Waals surface area contributed by atoms with Gasteiger partial charge in [0.1, 0.15) is 11.5 Å². The van der Waals surface area contributed by atoms with Crippen LogP contribution in [0.5, 0.6) is 16.7 Å². The molecule has 0 radical (unpaired) electrons. The highest BCUT2D eigenvalue weighted by molar-refractivity contribution is 7.20. The Balaban J connectivity index is 1.48. The fourth-order valence-corrected chi connectivity index (χ4v) is 3.02. The summed E-state index contributed by atoms with van der Waals surface area (Å²) >= 11 is 1.50. The standard InChI is InChI=1S/C20H21NO4S/c1-14(2)13-24-19(22)11-12-23-15-7-9-16(10-8-15)25-20-21-17-5-3-4-6-18(17)26-20/h3-10,14H,11-13H2,1-2H3. The third kappa shape index (κ3) is 5.20. The van der Waals surface area contributed by atoms with Gasteiger partial charge in [-0.25, -0.2) is 4.98 Å². The van der Waals surface area contributed by atoms with Gasteiger partial charge in [0, 0.05) is 0 Å². The van der Waals surface area contributed by atoms with E-state index in [0.29, 0.717) is 29.2 Å². The number of aromatic nitrogens is 1. The lowest BCUT2D eigenvalue weighted by atomic mass is 10.2. The maximum atomic E-state index is 11.5. The molecule has 26 heavy (non-hydrogen) atoms. The van der Waals surface area contributed by atoms with Crippen molar-refractivity contribution >= 4 is 27.5 Å². The molecule has 0 spiro atoms. The molecule has 0 amide bonds. The third-order valence-electron chi connectivity index (χ3n) is 3.46. The number of hydrogen-bond donors (Lipinski definition) is 0. The molecule has 0 unspecified atom stereocenters. The van der Waals surface area contributed by atoms with Crippen LogP contribution in [0.15, 0.2) is 48.5 Å². The number of rotatable bonds is 8. The normalized spacial score (nSPS) is 10.9. The number of hydrogen-bond acceptors (Lipinski definition) is 6. The largest absolute Gasteiger partial charge is 0.493 e. The van der Waals surface area contributed by atoms with Crippen LogP contribution in [0.1, 0.15) is 20.3 Å². The molecule has 0 bridgehead atoms. The number of nitrogens with zero attached hydrogens (tertiary/aromatic N) is 1. The van der Waals surface area contributed by atoms with E-state index in [9.17, 15) is 4.79 Å². The van der Waals surface area contributed by atoms with Crippen molar-refractivity contribution in [3.63, 3.8) is 0 Å². The van der Waals surface area contributed by atoms with Crippen LogP contribution in [0.3, 0.4) is 0 Å². The van der Waals surface area contributed by atoms with Gasteiger partial charge in [0.25, 0.3) is 5.19 Å². The summed E-state index contributed by atoms with van der Waals surface area (Å²) in [5.41, 5.74) is 0.928. The number of ether oxygens (including phenoxy) is 3. The van der Waals surface area contributed by atoms with E-state index in [1.807, 2.05) is 62.4 Å². The summed E-state index contributed by atoms with van der Waals surface area (Å²) in [4.78, 5) is 16.0. The van der Waals surface area contributed by atoms with E-state index in [4.69, 9.17) is 14.2 Å². The Morgan fingerprint density at radius 3 is 2.54 bits per heavy atom. The zero-order valence-corrected chi connectivity index (χ0v) is 15.6. The highest BCUT2D eigenvalue weighted by Gasteiger charge is 2.07. The first kappa shape index (κ1) is 18.2. The summed E-state index contributed by atoms with van der Waals surface area (Å²) in [6.07, 6.45) is 0.233. The van der Waals surface area contributed by atoms with Crippen LogP contribution < -0.4 is 9.47 Å². The Bertz CT molecular complexity index is 825. The van der Waals surface area contributed by atoms with Crippen LogP contribution in [0.25, 0.3) is 10.2 Å². The van der Waals surface area contributed by atoms with Gasteiger partial charge in [-0.1, -0.05) is 37.3 Å². The first-order valence-corrected chi connectivity index (χ1v) is 9.34. The van der Waals surface area contributed by atoms with Gasteiger partial charge in [0.2, 0.25) is 0 Å². The fraction of sp³-hybridized carbons (Fsp3) is 0.300. The van der Waals surface area contributed by atoms with Gasteiger partial charge in [-0.3, -0.25) is 4.79 Å². The minimum absolute atomic E-state index is 0.233. The van der Waals surface area contributed by atoms with Crippen molar-refractivity contribution in [2.45, 2.75) is 20.3 Å². The predicted octanol–water partition coefficient (Wildman–Crippen LogP) is 5.06. The lowest BCUT2D eigenvalue weighted by molar-refractivity contribution is -0.145. The topological polar surface area (TPSA) is 57.7 Å². The maximum Gasteiger partial charge on any atom is 0.309 e. The van der Waals surface area contributed by atoms with Crippen LogP contribution in [0, 0.1) is 5.92 Å². The molecule has 0 saturated heterocycles. The number of thiazole rings is 1. The monoisotopic (exact) mass is 371 g/mol. The molecule has 2 aromatic carbocycles. The second-order valence-electron chi connectivity index (χ2n) is 6.20. The minimum Gasteiger partial charge on any atom is -0.493 e. The van der Waals surface area contributed by atoms with E-state index in [1.165, 1.54) is 11.3 Å². The molecule has 3 rings (SSSR count). The van der Waals surface area contributed by atoms with Crippen molar-refractivity contribution in [1.82, 2.24) is 4.98 Å². The van der Waals surface area contributed by atoms with Crippen molar-refractivity contribution in [2.24, 2.45) is 5.92 Å². The summed E-state index contributed by atoms with van der Waals surface area (Å²) in [5.74, 6) is 1.46. The van der Waals surface area contributed by atoms with Gasteiger partial charge in [0.05, 0.1) is 29.9 Å². The quantitative estimate of drug-likeness (QED) is 0.518. The number of carbonyl (C=O) groups is 1. The van der Waals surface area contributed by atoms with Crippen molar-refractivity contribution in [3.05, 3.63) is 48.5 Å². The minimum atomic E-state index is -0.241. The molecule has 5 nitrogen and oxygen atoms in total. The lowest BCUT2D eigenvalue weighted by Crippen LogP contribution is -2.13.